The van der Waals surface area contributed by atoms with Crippen LogP contribution in [0.4, 0.5) is 11.4 Å². The average molecular weight is 510 g/mol. The van der Waals surface area contributed by atoms with Gasteiger partial charge in [-0.05, 0) is 51.2 Å². The Labute approximate surface area is 165 Å². The first kappa shape index (κ1) is 20.1. The van der Waals surface area contributed by atoms with Crippen molar-refractivity contribution in [2.45, 2.75) is 13.8 Å². The molecule has 0 aliphatic heterocycles. The molecule has 1 aromatic rings. The van der Waals surface area contributed by atoms with E-state index in [2.05, 4.69) is 10.6 Å². The van der Waals surface area contributed by atoms with Crippen LogP contribution in [0.5, 0.6) is 0 Å². The molecule has 9 heteroatoms. The largest absolute Gasteiger partial charge is 1.00 e. The van der Waals surface area contributed by atoms with Crippen LogP contribution in [0.1, 0.15) is 24.2 Å². The van der Waals surface area contributed by atoms with Crippen molar-refractivity contribution < 1.29 is 49.0 Å². The minimum absolute atomic E-state index is 0. The number of carboxylic acids is 1. The first-order chi connectivity index (χ1) is 8.73. The maximum atomic E-state index is 11.2. The van der Waals surface area contributed by atoms with E-state index in [-0.39, 0.29) is 46.9 Å². The summed E-state index contributed by atoms with van der Waals surface area (Å²) < 4.78 is 0.706. The van der Waals surface area contributed by atoms with Gasteiger partial charge >= 0.3 is 29.6 Å². The summed E-state index contributed by atoms with van der Waals surface area (Å²) in [6.07, 6.45) is 0. The van der Waals surface area contributed by atoms with Crippen molar-refractivity contribution in [2.24, 2.45) is 0 Å². The monoisotopic (exact) mass is 510 g/mol. The van der Waals surface area contributed by atoms with Crippen molar-refractivity contribution in [3.8, 4) is 0 Å². The fourth-order valence-corrected chi connectivity index (χ4v) is 3.45. The maximum absolute atomic E-state index is 11.2. The molecule has 20 heavy (non-hydrogen) atoms. The number of hydrogen-bond donors (Lipinski definition) is 2. The molecule has 102 valence electrons. The number of anilines is 2. The van der Waals surface area contributed by atoms with Crippen molar-refractivity contribution in [3.63, 3.8) is 0 Å². The molecule has 1 rings (SSSR count). The first-order valence-corrected chi connectivity index (χ1v) is 7.18. The van der Waals surface area contributed by atoms with E-state index in [0.29, 0.717) is 18.5 Å². The van der Waals surface area contributed by atoms with Crippen LogP contribution in [0.25, 0.3) is 0 Å². The summed E-state index contributed by atoms with van der Waals surface area (Å²) in [5, 5.41) is 16.2. The zero-order valence-electron chi connectivity index (χ0n) is 11.0. The third-order valence-corrected chi connectivity index (χ3v) is 4.27. The Bertz CT molecular complexity index is 538. The van der Waals surface area contributed by atoms with Gasteiger partial charge in [-0.15, -0.1) is 0 Å². The van der Waals surface area contributed by atoms with Crippen molar-refractivity contribution in [1.82, 2.24) is 0 Å². The Hall–Kier alpha value is 0.0900. The fourth-order valence-electron chi connectivity index (χ4n) is 1.38. The second-order valence-electron chi connectivity index (χ2n) is 3.62. The van der Waals surface area contributed by atoms with Crippen LogP contribution in [0.15, 0.2) is 6.07 Å². The molecule has 0 fully saturated rings. The van der Waals surface area contributed by atoms with Crippen LogP contribution in [0.3, 0.4) is 0 Å². The second kappa shape index (κ2) is 8.51. The Morgan fingerprint density at radius 2 is 1.35 bits per heavy atom. The van der Waals surface area contributed by atoms with Gasteiger partial charge in [0.15, 0.2) is 0 Å². The molecule has 2 amide bonds. The number of carboxylic acid groups (broad SMARTS) is 1. The molecule has 0 radical (unpaired) electrons. The number of nitrogens with one attached hydrogen (secondary N) is 2. The third-order valence-electron chi connectivity index (χ3n) is 2.03. The van der Waals surface area contributed by atoms with Gasteiger partial charge in [-0.3, -0.25) is 9.59 Å². The number of hydrogen-bond acceptors (Lipinski definition) is 4. The standard InChI is InChI=1S/C11H10I2N2O4.Na/c1-4(16)14-6-3-7(15-5(2)17)10(13)8(9(6)12)11(18)19;/h3H,1-2H3,(H,14,16)(H,15,17)(H,18,19);/q;+1/p-1. The Kier molecular flexibility index (Phi) is 8.55. The summed E-state index contributed by atoms with van der Waals surface area (Å²) in [5.41, 5.74) is 0.573. The van der Waals surface area contributed by atoms with Gasteiger partial charge in [-0.1, -0.05) is 0 Å². The molecule has 0 spiro atoms. The molecule has 0 bridgehead atoms. The third kappa shape index (κ3) is 5.13. The molecule has 0 aliphatic rings. The zero-order valence-corrected chi connectivity index (χ0v) is 17.3. The van der Waals surface area contributed by atoms with E-state index < -0.39 is 5.97 Å². The molecule has 1 aromatic carbocycles. The van der Waals surface area contributed by atoms with Gasteiger partial charge in [-0.2, -0.15) is 0 Å². The SMILES string of the molecule is CC(=O)Nc1cc(NC(C)=O)c(I)c(C(=O)[O-])c1I.[Na+]. The molecular formula is C11H9I2N2NaO4. The van der Waals surface area contributed by atoms with E-state index >= 15 is 0 Å². The van der Waals surface area contributed by atoms with Crippen LogP contribution in [0, 0.1) is 7.14 Å². The first-order valence-electron chi connectivity index (χ1n) is 5.02. The summed E-state index contributed by atoms with van der Waals surface area (Å²) in [7, 11) is 0. The molecule has 0 saturated heterocycles. The zero-order chi connectivity index (χ0) is 14.7. The number of halogens is 2. The van der Waals surface area contributed by atoms with E-state index in [9.17, 15) is 19.5 Å². The van der Waals surface area contributed by atoms with E-state index in [0.717, 1.165) is 0 Å². The summed E-state index contributed by atoms with van der Waals surface area (Å²) in [4.78, 5) is 33.4. The number of carbonyl (C=O) groups excluding carboxylic acids is 3. The fraction of sp³-hybridized carbons (Fsp3) is 0.182. The van der Waals surface area contributed by atoms with Crippen LogP contribution in [-0.4, -0.2) is 17.8 Å². The van der Waals surface area contributed by atoms with Crippen LogP contribution in [-0.2, 0) is 9.59 Å². The van der Waals surface area contributed by atoms with Gasteiger partial charge in [0.2, 0.25) is 11.8 Å². The molecule has 0 saturated carbocycles. The minimum atomic E-state index is -1.37. The summed E-state index contributed by atoms with van der Waals surface area (Å²) in [6, 6.07) is 1.51. The molecule has 0 unspecified atom stereocenters. The molecular weight excluding hydrogens is 501 g/mol. The molecule has 0 aromatic heterocycles. The maximum Gasteiger partial charge on any atom is 1.00 e. The summed E-state index contributed by atoms with van der Waals surface area (Å²) >= 11 is 3.62. The summed E-state index contributed by atoms with van der Waals surface area (Å²) in [5.74, 6) is -2.04. The predicted octanol–water partition coefficient (Wildman–Crippen LogP) is -1.82. The smallest absolute Gasteiger partial charge is 0.545 e. The van der Waals surface area contributed by atoms with Gasteiger partial charge in [0.1, 0.15) is 0 Å². The van der Waals surface area contributed by atoms with E-state index in [1.165, 1.54) is 19.9 Å². The van der Waals surface area contributed by atoms with Gasteiger partial charge in [0, 0.05) is 26.6 Å². The molecule has 6 nitrogen and oxygen atoms in total. The number of benzene rings is 1. The van der Waals surface area contributed by atoms with E-state index in [1.54, 1.807) is 0 Å². The average Bonchev–Trinajstić information content (AvgIpc) is 2.23. The number of carbonyl (C=O) groups is 3. The van der Waals surface area contributed by atoms with Gasteiger partial charge < -0.3 is 20.5 Å². The molecule has 0 heterocycles. The molecule has 0 aliphatic carbocycles. The van der Waals surface area contributed by atoms with Crippen molar-refractivity contribution in [1.29, 1.82) is 0 Å². The number of amides is 2. The van der Waals surface area contributed by atoms with Gasteiger partial charge in [0.05, 0.1) is 17.3 Å². The Morgan fingerprint density at radius 3 is 1.60 bits per heavy atom. The quantitative estimate of drug-likeness (QED) is 0.370. The van der Waals surface area contributed by atoms with Crippen molar-refractivity contribution in [3.05, 3.63) is 18.8 Å². The minimum Gasteiger partial charge on any atom is -0.545 e. The predicted molar refractivity (Wildman–Crippen MR) is 84.8 cm³/mol. The number of rotatable bonds is 3. The normalized spacial score (nSPS) is 9.40. The van der Waals surface area contributed by atoms with Gasteiger partial charge in [-0.25, -0.2) is 0 Å². The van der Waals surface area contributed by atoms with Crippen LogP contribution >= 0.6 is 45.2 Å². The molecule has 2 N–H and O–H groups in total. The van der Waals surface area contributed by atoms with Crippen molar-refractivity contribution in [2.75, 3.05) is 10.6 Å². The van der Waals surface area contributed by atoms with E-state index in [4.69, 9.17) is 0 Å². The van der Waals surface area contributed by atoms with Crippen LogP contribution < -0.4 is 45.3 Å². The topological polar surface area (TPSA) is 98.3 Å². The summed E-state index contributed by atoms with van der Waals surface area (Å²) in [6.45, 7) is 2.62. The van der Waals surface area contributed by atoms with Crippen molar-refractivity contribution >= 4 is 74.3 Å². The number of aromatic carboxylic acids is 1. The second-order valence-corrected chi connectivity index (χ2v) is 5.78. The Balaban J connectivity index is 0.00000361. The Morgan fingerprint density at radius 1 is 1.00 bits per heavy atom. The van der Waals surface area contributed by atoms with Crippen LogP contribution in [0.2, 0.25) is 0 Å². The molecule has 0 atom stereocenters. The van der Waals surface area contributed by atoms with E-state index in [1.807, 2.05) is 45.2 Å². The van der Waals surface area contributed by atoms with Gasteiger partial charge in [0.25, 0.3) is 0 Å².